The van der Waals surface area contributed by atoms with Crippen LogP contribution in [0.3, 0.4) is 0 Å². The summed E-state index contributed by atoms with van der Waals surface area (Å²) in [5, 5.41) is 6.45. The lowest BCUT2D eigenvalue weighted by Gasteiger charge is -2.12. The number of hydrogen-bond acceptors (Lipinski definition) is 5. The first kappa shape index (κ1) is 22.9. The summed E-state index contributed by atoms with van der Waals surface area (Å²) < 4.78 is 31.6. The molecular formula is C20H28N4O3S2. The van der Waals surface area contributed by atoms with Crippen LogP contribution in [0.5, 0.6) is 5.75 Å². The number of rotatable bonds is 10. The number of nitrogens with zero attached hydrogens (tertiary/aromatic N) is 2. The van der Waals surface area contributed by atoms with Gasteiger partial charge in [0.15, 0.2) is 5.96 Å². The van der Waals surface area contributed by atoms with Gasteiger partial charge in [-0.1, -0.05) is 30.9 Å². The van der Waals surface area contributed by atoms with Crippen LogP contribution in [0.15, 0.2) is 58.3 Å². The summed E-state index contributed by atoms with van der Waals surface area (Å²) in [7, 11) is -0.352. The zero-order chi connectivity index (χ0) is 21.3. The third-order valence-corrected chi connectivity index (χ3v) is 7.25. The molecule has 1 aromatic carbocycles. The van der Waals surface area contributed by atoms with Crippen molar-refractivity contribution in [1.29, 1.82) is 0 Å². The molecule has 2 aromatic rings. The maximum atomic E-state index is 12.2. The molecule has 7 nitrogen and oxygen atoms in total. The second kappa shape index (κ2) is 11.0. The maximum absolute atomic E-state index is 12.2. The van der Waals surface area contributed by atoms with Crippen LogP contribution in [-0.4, -0.2) is 45.9 Å². The number of ether oxygens (including phenoxy) is 1. The van der Waals surface area contributed by atoms with Crippen molar-refractivity contribution in [1.82, 2.24) is 14.9 Å². The number of sulfonamides is 1. The van der Waals surface area contributed by atoms with Crippen molar-refractivity contribution in [3.8, 4) is 5.75 Å². The molecule has 158 valence electrons. The number of para-hydroxylation sites is 1. The van der Waals surface area contributed by atoms with Gasteiger partial charge in [0.1, 0.15) is 16.6 Å². The minimum Gasteiger partial charge on any atom is -0.489 e. The van der Waals surface area contributed by atoms with Gasteiger partial charge in [-0.3, -0.25) is 0 Å². The van der Waals surface area contributed by atoms with Crippen molar-refractivity contribution < 1.29 is 13.2 Å². The predicted octanol–water partition coefficient (Wildman–Crippen LogP) is 2.82. The first-order valence-corrected chi connectivity index (χ1v) is 11.5. The van der Waals surface area contributed by atoms with Gasteiger partial charge in [-0.25, -0.2) is 17.7 Å². The van der Waals surface area contributed by atoms with E-state index in [2.05, 4.69) is 22.2 Å². The number of nitrogens with one attached hydrogen (secondary N) is 2. The van der Waals surface area contributed by atoms with E-state index < -0.39 is 10.0 Å². The van der Waals surface area contributed by atoms with Crippen LogP contribution in [0.4, 0.5) is 0 Å². The summed E-state index contributed by atoms with van der Waals surface area (Å²) in [6, 6.07) is 11.2. The van der Waals surface area contributed by atoms with Gasteiger partial charge in [0.05, 0.1) is 13.1 Å². The van der Waals surface area contributed by atoms with Gasteiger partial charge in [0.25, 0.3) is 10.0 Å². The van der Waals surface area contributed by atoms with Crippen molar-refractivity contribution >= 4 is 27.3 Å². The highest BCUT2D eigenvalue weighted by molar-refractivity contribution is 7.91. The first-order chi connectivity index (χ1) is 13.9. The fourth-order valence-corrected chi connectivity index (χ4v) is 4.84. The Morgan fingerprint density at radius 1 is 1.24 bits per heavy atom. The summed E-state index contributed by atoms with van der Waals surface area (Å²) in [5.74, 6) is 1.43. The van der Waals surface area contributed by atoms with E-state index in [9.17, 15) is 8.42 Å². The van der Waals surface area contributed by atoms with Gasteiger partial charge in [-0.15, -0.1) is 11.3 Å². The monoisotopic (exact) mass is 436 g/mol. The molecule has 0 fully saturated rings. The summed E-state index contributed by atoms with van der Waals surface area (Å²) in [6.45, 7) is 7.75. The van der Waals surface area contributed by atoms with Crippen LogP contribution in [0.1, 0.15) is 17.4 Å². The lowest BCUT2D eigenvalue weighted by atomic mass is 10.2. The molecule has 0 spiro atoms. The Balaban J connectivity index is 2.06. The van der Waals surface area contributed by atoms with Crippen LogP contribution in [-0.2, 0) is 23.1 Å². The Labute approximate surface area is 177 Å². The molecule has 1 heterocycles. The van der Waals surface area contributed by atoms with Crippen LogP contribution < -0.4 is 15.4 Å². The molecule has 0 aliphatic carbocycles. The fourth-order valence-electron chi connectivity index (χ4n) is 2.37. The average Bonchev–Trinajstić information content (AvgIpc) is 3.19. The largest absolute Gasteiger partial charge is 0.489 e. The molecule has 29 heavy (non-hydrogen) atoms. The van der Waals surface area contributed by atoms with Gasteiger partial charge in [-0.05, 0) is 25.1 Å². The summed E-state index contributed by atoms with van der Waals surface area (Å²) in [5.41, 5.74) is 0.974. The van der Waals surface area contributed by atoms with Gasteiger partial charge in [0.2, 0.25) is 0 Å². The lowest BCUT2D eigenvalue weighted by molar-refractivity contribution is 0.359. The quantitative estimate of drug-likeness (QED) is 0.340. The van der Waals surface area contributed by atoms with Gasteiger partial charge in [-0.2, -0.15) is 0 Å². The van der Waals surface area contributed by atoms with E-state index in [4.69, 9.17) is 4.74 Å². The van der Waals surface area contributed by atoms with E-state index in [1.165, 1.54) is 29.7 Å². The van der Waals surface area contributed by atoms with E-state index >= 15 is 0 Å². The molecule has 2 N–H and O–H groups in total. The van der Waals surface area contributed by atoms with E-state index in [1.807, 2.05) is 37.3 Å². The Morgan fingerprint density at radius 3 is 2.69 bits per heavy atom. The van der Waals surface area contributed by atoms with Gasteiger partial charge >= 0.3 is 0 Å². The van der Waals surface area contributed by atoms with E-state index in [0.717, 1.165) is 16.2 Å². The molecule has 0 aliphatic rings. The van der Waals surface area contributed by atoms with E-state index in [0.29, 0.717) is 36.4 Å². The smallest absolute Gasteiger partial charge is 0.252 e. The number of aliphatic imine (C=N–C) groups is 1. The molecule has 0 saturated carbocycles. The van der Waals surface area contributed by atoms with Crippen molar-refractivity contribution in [2.75, 3.05) is 27.2 Å². The molecule has 1 aromatic heterocycles. The summed E-state index contributed by atoms with van der Waals surface area (Å²) in [6.07, 6.45) is 1.71. The summed E-state index contributed by atoms with van der Waals surface area (Å²) >= 11 is 1.25. The highest BCUT2D eigenvalue weighted by Gasteiger charge is 2.19. The molecule has 9 heteroatoms. The average molecular weight is 437 g/mol. The molecule has 0 amide bonds. The minimum atomic E-state index is -3.41. The molecule has 0 radical (unpaired) electrons. The Kier molecular flexibility index (Phi) is 8.69. The third kappa shape index (κ3) is 6.59. The van der Waals surface area contributed by atoms with Crippen molar-refractivity contribution in [2.45, 2.75) is 24.2 Å². The topological polar surface area (TPSA) is 83.0 Å². The molecule has 0 saturated heterocycles. The maximum Gasteiger partial charge on any atom is 0.252 e. The van der Waals surface area contributed by atoms with Crippen LogP contribution in [0.2, 0.25) is 0 Å². The first-order valence-electron chi connectivity index (χ1n) is 9.23. The molecule has 2 rings (SSSR count). The van der Waals surface area contributed by atoms with E-state index in [1.54, 1.807) is 12.1 Å². The normalized spacial score (nSPS) is 12.1. The zero-order valence-corrected chi connectivity index (χ0v) is 18.6. The number of thiophene rings is 1. The highest BCUT2D eigenvalue weighted by Crippen LogP contribution is 2.23. The Hall–Kier alpha value is -2.36. The van der Waals surface area contributed by atoms with Crippen LogP contribution in [0.25, 0.3) is 0 Å². The SMILES string of the molecule is C=CCOc1ccccc1CN=C(NCC)NCc1ccc(S(=O)(=O)N(C)C)s1. The Morgan fingerprint density at radius 2 is 2.00 bits per heavy atom. The molecule has 0 aliphatic heterocycles. The molecule has 0 atom stereocenters. The fraction of sp³-hybridized carbons (Fsp3) is 0.350. The van der Waals surface area contributed by atoms with Gasteiger partial charge < -0.3 is 15.4 Å². The minimum absolute atomic E-state index is 0.328. The predicted molar refractivity (Wildman–Crippen MR) is 119 cm³/mol. The van der Waals surface area contributed by atoms with Crippen LogP contribution >= 0.6 is 11.3 Å². The third-order valence-electron chi connectivity index (χ3n) is 3.88. The summed E-state index contributed by atoms with van der Waals surface area (Å²) in [4.78, 5) is 5.53. The number of benzene rings is 1. The standard InChI is InChI=1S/C20H28N4O3S2/c1-5-13-27-18-10-8-7-9-16(18)14-22-20(21-6-2)23-15-17-11-12-19(28-17)29(25,26)24(3)4/h5,7-12H,1,6,13-15H2,2-4H3,(H2,21,22,23). The number of guanidine groups is 1. The molecule has 0 unspecified atom stereocenters. The van der Waals surface area contributed by atoms with Crippen molar-refractivity contribution in [3.63, 3.8) is 0 Å². The lowest BCUT2D eigenvalue weighted by Crippen LogP contribution is -2.36. The van der Waals surface area contributed by atoms with Crippen molar-refractivity contribution in [2.24, 2.45) is 4.99 Å². The van der Waals surface area contributed by atoms with Crippen LogP contribution in [0, 0.1) is 0 Å². The molecular weight excluding hydrogens is 408 g/mol. The van der Waals surface area contributed by atoms with Gasteiger partial charge in [0, 0.05) is 31.1 Å². The van der Waals surface area contributed by atoms with E-state index in [-0.39, 0.29) is 0 Å². The second-order valence-corrected chi connectivity index (χ2v) is 9.81. The number of hydrogen-bond donors (Lipinski definition) is 2. The second-order valence-electron chi connectivity index (χ2n) is 6.26. The van der Waals surface area contributed by atoms with Crippen molar-refractivity contribution in [3.05, 3.63) is 59.5 Å². The highest BCUT2D eigenvalue weighted by atomic mass is 32.2. The Bertz CT molecular complexity index is 937. The molecule has 0 bridgehead atoms. The zero-order valence-electron chi connectivity index (χ0n) is 17.0.